The van der Waals surface area contributed by atoms with Crippen molar-refractivity contribution in [3.05, 3.63) is 203 Å². The van der Waals surface area contributed by atoms with E-state index in [4.69, 9.17) is 0 Å². The van der Waals surface area contributed by atoms with Gasteiger partial charge in [0.1, 0.15) is 11.6 Å². The normalized spacial score (nSPS) is 9.16. The van der Waals surface area contributed by atoms with E-state index in [2.05, 4.69) is 149 Å². The molecular formula is C55H68BrN5O6S2. The van der Waals surface area contributed by atoms with Gasteiger partial charge in [0.2, 0.25) is 11.8 Å². The van der Waals surface area contributed by atoms with Gasteiger partial charge < -0.3 is 20.2 Å². The first-order chi connectivity index (χ1) is 32.7. The lowest BCUT2D eigenvalue weighted by atomic mass is 10.0. The molecule has 0 fully saturated rings. The number of rotatable bonds is 8. The molecule has 0 saturated carbocycles. The summed E-state index contributed by atoms with van der Waals surface area (Å²) in [5, 5.41) is 15.0. The number of non-ortho nitro benzene ring substituents is 1. The van der Waals surface area contributed by atoms with Crippen LogP contribution in [0.4, 0.5) is 5.69 Å². The van der Waals surface area contributed by atoms with Gasteiger partial charge in [0.25, 0.3) is 5.69 Å². The van der Waals surface area contributed by atoms with Crippen LogP contribution in [-0.2, 0) is 19.2 Å². The van der Waals surface area contributed by atoms with Crippen LogP contribution in [0.25, 0.3) is 11.1 Å². The number of aryl methyl sites for hydroxylation is 7. The molecule has 5 aromatic carbocycles. The molecule has 0 spiro atoms. The van der Waals surface area contributed by atoms with E-state index in [1.54, 1.807) is 48.9 Å². The topological polar surface area (TPSA) is 161 Å². The monoisotopic (exact) mass is 1040 g/mol. The number of nitro benzene ring substituents is 1. The molecule has 14 heteroatoms. The number of hydrogen-bond acceptors (Lipinski definition) is 10. The number of Topliss-reactive ketones (excluding diaryl/α,β-unsaturated/α-hetero) is 2. The summed E-state index contributed by atoms with van der Waals surface area (Å²) >= 11 is 6.68. The molecule has 69 heavy (non-hydrogen) atoms. The van der Waals surface area contributed by atoms with Crippen LogP contribution in [0.1, 0.15) is 77.1 Å². The highest BCUT2D eigenvalue weighted by Gasteiger charge is 2.01. The second-order valence-electron chi connectivity index (χ2n) is 15.2. The van der Waals surface area contributed by atoms with Gasteiger partial charge in [0, 0.05) is 78.5 Å². The van der Waals surface area contributed by atoms with Gasteiger partial charge in [-0.05, 0) is 85.6 Å². The van der Waals surface area contributed by atoms with E-state index in [0.29, 0.717) is 25.7 Å². The average Bonchev–Trinajstić information content (AvgIpc) is 4.04. The van der Waals surface area contributed by atoms with Crippen molar-refractivity contribution in [1.29, 1.82) is 0 Å². The molecule has 0 radical (unpaired) electrons. The van der Waals surface area contributed by atoms with Crippen LogP contribution >= 0.6 is 38.6 Å². The molecule has 0 unspecified atom stereocenters. The van der Waals surface area contributed by atoms with E-state index in [0.717, 1.165) is 10.0 Å². The molecule has 2 amide bonds. The van der Waals surface area contributed by atoms with Crippen molar-refractivity contribution < 1.29 is 24.1 Å². The minimum Gasteiger partial charge on any atom is -0.359 e. The van der Waals surface area contributed by atoms with Crippen molar-refractivity contribution in [3.8, 4) is 11.1 Å². The molecule has 11 nitrogen and oxygen atoms in total. The van der Waals surface area contributed by atoms with Crippen LogP contribution in [0.15, 0.2) is 155 Å². The van der Waals surface area contributed by atoms with E-state index in [1.807, 2.05) is 62.4 Å². The van der Waals surface area contributed by atoms with E-state index in [1.165, 1.54) is 69.1 Å². The molecule has 2 aromatic heterocycles. The van der Waals surface area contributed by atoms with Gasteiger partial charge in [-0.2, -0.15) is 0 Å². The fourth-order valence-electron chi connectivity index (χ4n) is 4.60. The van der Waals surface area contributed by atoms with Gasteiger partial charge in [-0.15, -0.1) is 22.7 Å². The highest BCUT2D eigenvalue weighted by Crippen LogP contribution is 2.18. The maximum absolute atomic E-state index is 10.5. The maximum atomic E-state index is 10.5. The SMILES string of the molecule is CNC(=O)CCC(C)=O.CNC(=O)CCC(C)=O.Cc1ccc(-c2ccccc2)cc1.Cc1ccc(Br)cc1.Cc1ccc(C)cc1.Cc1ccc([N+](=O)[O-])cc1.Cc1cncs1.Cc1cncs1. The Hall–Kier alpha value is -6.48. The lowest BCUT2D eigenvalue weighted by Gasteiger charge is -2.00. The molecule has 2 heterocycles. The summed E-state index contributed by atoms with van der Waals surface area (Å²) in [5.41, 5.74) is 12.7. The third-order valence-corrected chi connectivity index (χ3v) is 10.6. The van der Waals surface area contributed by atoms with Crippen molar-refractivity contribution in [3.63, 3.8) is 0 Å². The van der Waals surface area contributed by atoms with Gasteiger partial charge in [-0.1, -0.05) is 147 Å². The first kappa shape index (κ1) is 62.5. The molecule has 0 bridgehead atoms. The Balaban J connectivity index is 0.000000774. The average molecular weight is 1040 g/mol. The summed E-state index contributed by atoms with van der Waals surface area (Å²) in [6.07, 6.45) is 5.02. The quantitative estimate of drug-likeness (QED) is 0.112. The maximum Gasteiger partial charge on any atom is 0.269 e. The van der Waals surface area contributed by atoms with Crippen molar-refractivity contribution in [2.75, 3.05) is 14.1 Å². The standard InChI is InChI=1S/C13H12.C8H10.C7H7Br.C7H7NO2.2C6H11NO2.2C4H5NS/c1-11-7-9-13(10-8-11)12-5-3-2-4-6-12;1-7-3-5-8(2)6-4-7;1-6-2-4-7(8)5-3-6;1-6-2-4-7(5-3-6)8(9)10;2*1-5(8)3-4-6(9)7-2;2*1-4-2-5-3-6-4/h2-10H,1H3;3-6H,1-2H3;2-5H,1H3;2-5H,1H3;2*3-4H2,1-2H3,(H,7,9);2*2-3H,1H3. The lowest BCUT2D eigenvalue weighted by Crippen LogP contribution is -2.17. The number of benzene rings is 5. The molecule has 368 valence electrons. The van der Waals surface area contributed by atoms with Gasteiger partial charge in [0.15, 0.2) is 0 Å². The van der Waals surface area contributed by atoms with Crippen molar-refractivity contribution >= 4 is 67.7 Å². The number of ketones is 2. The number of hydrogen-bond donors (Lipinski definition) is 2. The van der Waals surface area contributed by atoms with Crippen LogP contribution < -0.4 is 10.6 Å². The number of amides is 2. The largest absolute Gasteiger partial charge is 0.359 e. The van der Waals surface area contributed by atoms with E-state index >= 15 is 0 Å². The summed E-state index contributed by atoms with van der Waals surface area (Å²) in [6, 6.07) is 42.2. The van der Waals surface area contributed by atoms with Gasteiger partial charge >= 0.3 is 0 Å². The minimum atomic E-state index is -0.403. The number of carbonyl (C=O) groups excluding carboxylic acids is 4. The van der Waals surface area contributed by atoms with Crippen LogP contribution in [0.3, 0.4) is 0 Å². The first-order valence-corrected chi connectivity index (χ1v) is 24.5. The Bertz CT molecular complexity index is 2280. The third kappa shape index (κ3) is 36.3. The molecular weight excluding hydrogens is 971 g/mol. The molecule has 2 N–H and O–H groups in total. The smallest absolute Gasteiger partial charge is 0.269 e. The van der Waals surface area contributed by atoms with Gasteiger partial charge in [0.05, 0.1) is 15.9 Å². The number of carbonyl (C=O) groups is 4. The van der Waals surface area contributed by atoms with Crippen molar-refractivity contribution in [1.82, 2.24) is 20.6 Å². The predicted octanol–water partition coefficient (Wildman–Crippen LogP) is 13.7. The molecule has 0 aliphatic heterocycles. The minimum absolute atomic E-state index is 0.0543. The predicted molar refractivity (Wildman–Crippen MR) is 291 cm³/mol. The molecule has 0 atom stereocenters. The second kappa shape index (κ2) is 38.5. The van der Waals surface area contributed by atoms with E-state index in [9.17, 15) is 29.3 Å². The Morgan fingerprint density at radius 2 is 0.826 bits per heavy atom. The number of nitro groups is 1. The number of nitrogens with one attached hydrogen (secondary N) is 2. The Kier molecular flexibility index (Phi) is 34.9. The highest BCUT2D eigenvalue weighted by molar-refractivity contribution is 9.10. The summed E-state index contributed by atoms with van der Waals surface area (Å²) in [4.78, 5) is 61.4. The third-order valence-electron chi connectivity index (χ3n) is 8.71. The van der Waals surface area contributed by atoms with E-state index < -0.39 is 4.92 Å². The number of aromatic nitrogens is 2. The van der Waals surface area contributed by atoms with Crippen LogP contribution in [0.5, 0.6) is 0 Å². The molecule has 0 aliphatic carbocycles. The van der Waals surface area contributed by atoms with Crippen molar-refractivity contribution in [2.24, 2.45) is 0 Å². The summed E-state index contributed by atoms with van der Waals surface area (Å²) in [7, 11) is 3.12. The zero-order valence-corrected chi connectivity index (χ0v) is 45.0. The number of nitrogens with zero attached hydrogens (tertiary/aromatic N) is 3. The fourth-order valence-corrected chi connectivity index (χ4v) is 5.68. The van der Waals surface area contributed by atoms with Gasteiger partial charge in [-0.25, -0.2) is 0 Å². The Labute approximate surface area is 426 Å². The molecule has 0 saturated heterocycles. The first-order valence-electron chi connectivity index (χ1n) is 21.9. The van der Waals surface area contributed by atoms with Crippen molar-refractivity contribution in [2.45, 2.75) is 88.0 Å². The molecule has 0 aliphatic rings. The van der Waals surface area contributed by atoms with Crippen LogP contribution in [0.2, 0.25) is 0 Å². The zero-order valence-electron chi connectivity index (χ0n) is 41.7. The Morgan fingerprint density at radius 3 is 1.09 bits per heavy atom. The van der Waals surface area contributed by atoms with Gasteiger partial charge in [-0.3, -0.25) is 29.7 Å². The fraction of sp³-hybridized carbons (Fsp3) is 0.273. The zero-order chi connectivity index (χ0) is 52.0. The summed E-state index contributed by atoms with van der Waals surface area (Å²) < 4.78 is 1.14. The van der Waals surface area contributed by atoms with Crippen LogP contribution in [-0.4, -0.2) is 52.4 Å². The van der Waals surface area contributed by atoms with Crippen LogP contribution in [0, 0.1) is 58.6 Å². The summed E-state index contributed by atoms with van der Waals surface area (Å²) in [6.45, 7) is 17.3. The highest BCUT2D eigenvalue weighted by atomic mass is 79.9. The lowest BCUT2D eigenvalue weighted by molar-refractivity contribution is -0.384. The second-order valence-corrected chi connectivity index (χ2v) is 18.3. The summed E-state index contributed by atoms with van der Waals surface area (Å²) in [5.74, 6) is -0.0485. The number of halogens is 1. The molecule has 7 aromatic rings. The molecule has 7 rings (SSSR count). The Morgan fingerprint density at radius 1 is 0.507 bits per heavy atom. The van der Waals surface area contributed by atoms with E-state index in [-0.39, 0.29) is 29.1 Å². The number of thiazole rings is 2.